The Labute approximate surface area is 121 Å². The van der Waals surface area contributed by atoms with Gasteiger partial charge < -0.3 is 20.5 Å². The van der Waals surface area contributed by atoms with Crippen LogP contribution in [0.4, 0.5) is 4.79 Å². The molecular weight excluding hydrogens is 276 g/mol. The fourth-order valence-corrected chi connectivity index (χ4v) is 1.85. The number of hydrazine groups is 1. The van der Waals surface area contributed by atoms with Gasteiger partial charge in [0, 0.05) is 19.0 Å². The fourth-order valence-electron chi connectivity index (χ4n) is 1.85. The summed E-state index contributed by atoms with van der Waals surface area (Å²) in [6.07, 6.45) is 0.213. The summed E-state index contributed by atoms with van der Waals surface area (Å²) < 4.78 is 10.5. The topological polar surface area (TPSA) is 115 Å². The van der Waals surface area contributed by atoms with Crippen LogP contribution in [-0.4, -0.2) is 24.8 Å². The number of carbonyl (C=O) groups excluding carboxylic acids is 2. The predicted octanol–water partition coefficient (Wildman–Crippen LogP) is -0.0170. The van der Waals surface area contributed by atoms with Crippen LogP contribution in [0.2, 0.25) is 0 Å². The third kappa shape index (κ3) is 4.53. The van der Waals surface area contributed by atoms with E-state index < -0.39 is 6.03 Å². The zero-order valence-corrected chi connectivity index (χ0v) is 11.6. The highest BCUT2D eigenvalue weighted by Crippen LogP contribution is 2.32. The molecule has 0 aliphatic carbocycles. The van der Waals surface area contributed by atoms with Crippen LogP contribution in [0.15, 0.2) is 18.2 Å². The van der Waals surface area contributed by atoms with E-state index in [9.17, 15) is 9.59 Å². The van der Waals surface area contributed by atoms with Crippen LogP contribution in [0.25, 0.3) is 0 Å². The van der Waals surface area contributed by atoms with E-state index in [0.717, 1.165) is 5.56 Å². The number of amides is 3. The van der Waals surface area contributed by atoms with E-state index in [1.807, 2.05) is 18.2 Å². The maximum Gasteiger partial charge on any atom is 0.326 e. The lowest BCUT2D eigenvalue weighted by molar-refractivity contribution is -0.121. The standard InChI is InChI=1S/C13H18N4O4/c1-8(16-17-13(14)19)4-12(18)15-6-9-2-3-10-11(5-9)21-7-20-10/h2-3,5,8,16H,4,6-7H2,1H3,(H,15,18)(H3,14,17,19). The average Bonchev–Trinajstić information content (AvgIpc) is 2.90. The third-order valence-electron chi connectivity index (χ3n) is 2.86. The molecule has 1 aliphatic heterocycles. The Kier molecular flexibility index (Phi) is 4.83. The highest BCUT2D eigenvalue weighted by molar-refractivity contribution is 5.76. The molecule has 8 heteroatoms. The number of urea groups is 1. The number of primary amides is 1. The van der Waals surface area contributed by atoms with Gasteiger partial charge in [0.05, 0.1) is 0 Å². The summed E-state index contributed by atoms with van der Waals surface area (Å²) in [6, 6.07) is 4.59. The van der Waals surface area contributed by atoms with Crippen LogP contribution in [0.3, 0.4) is 0 Å². The van der Waals surface area contributed by atoms with Gasteiger partial charge in [-0.15, -0.1) is 0 Å². The molecule has 3 amide bonds. The normalized spacial score (nSPS) is 13.6. The van der Waals surface area contributed by atoms with Crippen molar-refractivity contribution in [1.82, 2.24) is 16.2 Å². The minimum atomic E-state index is -0.692. The largest absolute Gasteiger partial charge is 0.454 e. The number of fused-ring (bicyclic) bond motifs is 1. The molecule has 0 saturated carbocycles. The highest BCUT2D eigenvalue weighted by Gasteiger charge is 2.14. The lowest BCUT2D eigenvalue weighted by Crippen LogP contribution is -2.47. The Morgan fingerprint density at radius 3 is 2.86 bits per heavy atom. The van der Waals surface area contributed by atoms with E-state index in [0.29, 0.717) is 18.0 Å². The van der Waals surface area contributed by atoms with Crippen LogP contribution in [0, 0.1) is 0 Å². The summed E-state index contributed by atoms with van der Waals surface area (Å²) in [5.74, 6) is 1.25. The van der Waals surface area contributed by atoms with Gasteiger partial charge in [-0.2, -0.15) is 0 Å². The zero-order chi connectivity index (χ0) is 15.2. The molecule has 114 valence electrons. The number of benzene rings is 1. The van der Waals surface area contributed by atoms with Crippen molar-refractivity contribution in [3.63, 3.8) is 0 Å². The maximum absolute atomic E-state index is 11.8. The minimum absolute atomic E-state index is 0.140. The van der Waals surface area contributed by atoms with Crippen LogP contribution in [-0.2, 0) is 11.3 Å². The number of carbonyl (C=O) groups is 2. The summed E-state index contributed by atoms with van der Waals surface area (Å²) in [5, 5.41) is 2.79. The van der Waals surface area contributed by atoms with Gasteiger partial charge in [0.25, 0.3) is 0 Å². The zero-order valence-electron chi connectivity index (χ0n) is 11.6. The van der Waals surface area contributed by atoms with Crippen LogP contribution in [0.1, 0.15) is 18.9 Å². The minimum Gasteiger partial charge on any atom is -0.454 e. The van der Waals surface area contributed by atoms with Crippen molar-refractivity contribution in [2.75, 3.05) is 6.79 Å². The van der Waals surface area contributed by atoms with Crippen molar-refractivity contribution in [3.8, 4) is 11.5 Å². The van der Waals surface area contributed by atoms with E-state index in [4.69, 9.17) is 15.2 Å². The van der Waals surface area contributed by atoms with Gasteiger partial charge in [-0.3, -0.25) is 10.2 Å². The number of hydrogen-bond acceptors (Lipinski definition) is 5. The van der Waals surface area contributed by atoms with Crippen molar-refractivity contribution in [3.05, 3.63) is 23.8 Å². The van der Waals surface area contributed by atoms with Crippen LogP contribution < -0.4 is 31.4 Å². The second-order valence-electron chi connectivity index (χ2n) is 4.70. The van der Waals surface area contributed by atoms with Gasteiger partial charge in [0.2, 0.25) is 12.7 Å². The van der Waals surface area contributed by atoms with Crippen molar-refractivity contribution < 1.29 is 19.1 Å². The smallest absolute Gasteiger partial charge is 0.326 e. The van der Waals surface area contributed by atoms with Crippen molar-refractivity contribution >= 4 is 11.9 Å². The van der Waals surface area contributed by atoms with E-state index in [1.165, 1.54) is 0 Å². The molecule has 0 saturated heterocycles. The first-order chi connectivity index (χ1) is 10.0. The van der Waals surface area contributed by atoms with Crippen LogP contribution in [0.5, 0.6) is 11.5 Å². The quantitative estimate of drug-likeness (QED) is 0.551. The summed E-state index contributed by atoms with van der Waals surface area (Å²) >= 11 is 0. The molecule has 8 nitrogen and oxygen atoms in total. The Hall–Kier alpha value is -2.48. The first kappa shape index (κ1) is 14.9. The van der Waals surface area contributed by atoms with Gasteiger partial charge in [0.15, 0.2) is 11.5 Å². The first-order valence-corrected chi connectivity index (χ1v) is 6.51. The first-order valence-electron chi connectivity index (χ1n) is 6.51. The Morgan fingerprint density at radius 2 is 2.10 bits per heavy atom. The second-order valence-corrected chi connectivity index (χ2v) is 4.70. The SMILES string of the molecule is CC(CC(=O)NCc1ccc2c(c1)OCO2)NNC(N)=O. The lowest BCUT2D eigenvalue weighted by atomic mass is 10.2. The molecule has 5 N–H and O–H groups in total. The van der Waals surface area contributed by atoms with Gasteiger partial charge >= 0.3 is 6.03 Å². The van der Waals surface area contributed by atoms with Crippen molar-refractivity contribution in [2.24, 2.45) is 5.73 Å². The predicted molar refractivity (Wildman–Crippen MR) is 74.3 cm³/mol. The van der Waals surface area contributed by atoms with E-state index >= 15 is 0 Å². The van der Waals surface area contributed by atoms with E-state index in [1.54, 1.807) is 6.92 Å². The molecular formula is C13H18N4O4. The summed E-state index contributed by atoms with van der Waals surface area (Å²) in [4.78, 5) is 22.3. The molecule has 2 rings (SSSR count). The summed E-state index contributed by atoms with van der Waals surface area (Å²) in [5.41, 5.74) is 10.7. The second kappa shape index (κ2) is 6.80. The summed E-state index contributed by atoms with van der Waals surface area (Å²) in [7, 11) is 0. The van der Waals surface area contributed by atoms with E-state index in [-0.39, 0.29) is 25.2 Å². The molecule has 1 unspecified atom stereocenters. The molecule has 1 aliphatic rings. The van der Waals surface area contributed by atoms with Crippen molar-refractivity contribution in [2.45, 2.75) is 25.9 Å². The van der Waals surface area contributed by atoms with Crippen molar-refractivity contribution in [1.29, 1.82) is 0 Å². The molecule has 1 heterocycles. The van der Waals surface area contributed by atoms with Gasteiger partial charge in [-0.25, -0.2) is 10.2 Å². The number of hydrogen-bond donors (Lipinski definition) is 4. The molecule has 0 aromatic heterocycles. The Morgan fingerprint density at radius 1 is 1.33 bits per heavy atom. The average molecular weight is 294 g/mol. The number of rotatable bonds is 6. The molecule has 1 aromatic carbocycles. The highest BCUT2D eigenvalue weighted by atomic mass is 16.7. The maximum atomic E-state index is 11.8. The number of ether oxygens (including phenoxy) is 2. The lowest BCUT2D eigenvalue weighted by Gasteiger charge is -2.13. The van der Waals surface area contributed by atoms with Gasteiger partial charge in [-0.1, -0.05) is 6.07 Å². The molecule has 0 bridgehead atoms. The Bertz CT molecular complexity index is 535. The molecule has 1 atom stereocenters. The summed E-state index contributed by atoms with van der Waals surface area (Å²) in [6.45, 7) is 2.38. The Balaban J connectivity index is 1.75. The van der Waals surface area contributed by atoms with E-state index in [2.05, 4.69) is 16.2 Å². The van der Waals surface area contributed by atoms with Gasteiger partial charge in [-0.05, 0) is 24.6 Å². The molecule has 0 radical (unpaired) electrons. The number of nitrogens with two attached hydrogens (primary N) is 1. The number of nitrogens with one attached hydrogen (secondary N) is 3. The molecule has 1 aromatic rings. The molecule has 21 heavy (non-hydrogen) atoms. The van der Waals surface area contributed by atoms with Crippen LogP contribution >= 0.6 is 0 Å². The monoisotopic (exact) mass is 294 g/mol. The fraction of sp³-hybridized carbons (Fsp3) is 0.385. The molecule has 0 spiro atoms. The van der Waals surface area contributed by atoms with Gasteiger partial charge in [0.1, 0.15) is 0 Å². The molecule has 0 fully saturated rings. The third-order valence-corrected chi connectivity index (χ3v) is 2.86.